The minimum Gasteiger partial charge on any atom is -0.294 e. The first-order chi connectivity index (χ1) is 6.43. The quantitative estimate of drug-likeness (QED) is 0.672. The van der Waals surface area contributed by atoms with Gasteiger partial charge in [-0.05, 0) is 31.5 Å². The topological polar surface area (TPSA) is 17.1 Å². The minimum absolute atomic E-state index is 0.378. The molecule has 0 fully saturated rings. The Labute approximate surface area is 79.5 Å². The average Bonchev–Trinajstić information content (AvgIpc) is 2.01. The van der Waals surface area contributed by atoms with E-state index in [1.807, 2.05) is 0 Å². The number of hydrogen-bond acceptors (Lipinski definition) is 1. The number of benzene rings is 1. The number of hydrogen-bond donors (Lipinski definition) is 0. The molecule has 0 atom stereocenters. The largest absolute Gasteiger partial charge is 0.294 e. The van der Waals surface area contributed by atoms with Crippen LogP contribution < -0.4 is 0 Å². The van der Waals surface area contributed by atoms with Crippen LogP contribution in [0.25, 0.3) is 0 Å². The van der Waals surface area contributed by atoms with E-state index in [4.69, 9.17) is 0 Å². The third-order valence-corrected chi connectivity index (χ3v) is 1.85. The van der Waals surface area contributed by atoms with Crippen LogP contribution in [0.3, 0.4) is 0 Å². The van der Waals surface area contributed by atoms with Crippen LogP contribution >= 0.6 is 0 Å². The van der Waals surface area contributed by atoms with Crippen molar-refractivity contribution in [2.24, 2.45) is 0 Å². The van der Waals surface area contributed by atoms with Gasteiger partial charge in [0.1, 0.15) is 5.82 Å². The van der Waals surface area contributed by atoms with E-state index in [0.717, 1.165) is 19.1 Å². The zero-order valence-corrected chi connectivity index (χ0v) is 7.77. The Balaban J connectivity index is 3.44. The fourth-order valence-electron chi connectivity index (χ4n) is 1.31. The van der Waals surface area contributed by atoms with Gasteiger partial charge in [-0.15, -0.1) is 0 Å². The molecule has 0 saturated carbocycles. The van der Waals surface area contributed by atoms with Crippen molar-refractivity contribution >= 4 is 5.78 Å². The Hall–Kier alpha value is -1.32. The van der Waals surface area contributed by atoms with Crippen LogP contribution in [0.2, 0.25) is 0 Å². The molecule has 0 bridgehead atoms. The Kier molecular flexibility index (Phi) is 2.93. The zero-order valence-electron chi connectivity index (χ0n) is 7.77. The van der Waals surface area contributed by atoms with Crippen molar-refractivity contribution in [2.75, 3.05) is 0 Å². The summed E-state index contributed by atoms with van der Waals surface area (Å²) in [5, 5.41) is 0. The average molecular weight is 202 g/mol. The van der Waals surface area contributed by atoms with Crippen molar-refractivity contribution in [2.45, 2.75) is 20.3 Å². The van der Waals surface area contributed by atoms with E-state index in [1.165, 1.54) is 6.92 Å². The number of aryl methyl sites for hydroxylation is 1. The molecular weight excluding hydrogens is 193 g/mol. The molecule has 0 amide bonds. The van der Waals surface area contributed by atoms with Gasteiger partial charge in [0.05, 0.1) is 5.56 Å². The SMILES string of the molecule is CC(=O)c1c(F)cc(C)cc1C(F)F. The van der Waals surface area contributed by atoms with E-state index < -0.39 is 29.2 Å². The summed E-state index contributed by atoms with van der Waals surface area (Å²) in [6, 6.07) is 2.20. The summed E-state index contributed by atoms with van der Waals surface area (Å²) < 4.78 is 38.0. The van der Waals surface area contributed by atoms with Gasteiger partial charge in [0, 0.05) is 5.56 Å². The van der Waals surface area contributed by atoms with E-state index in [9.17, 15) is 18.0 Å². The van der Waals surface area contributed by atoms with Crippen molar-refractivity contribution < 1.29 is 18.0 Å². The molecule has 0 unspecified atom stereocenters. The molecule has 0 saturated heterocycles. The number of alkyl halides is 2. The standard InChI is InChI=1S/C10H9F3O/c1-5-3-7(10(12)13)9(6(2)14)8(11)4-5/h3-4,10H,1-2H3. The first kappa shape index (κ1) is 10.8. The molecular formula is C10H9F3O. The van der Waals surface area contributed by atoms with Gasteiger partial charge in [0.15, 0.2) is 5.78 Å². The molecule has 0 aromatic heterocycles. The monoisotopic (exact) mass is 202 g/mol. The molecule has 0 radical (unpaired) electrons. The summed E-state index contributed by atoms with van der Waals surface area (Å²) in [6.45, 7) is 2.57. The Morgan fingerprint density at radius 2 is 1.93 bits per heavy atom. The zero-order chi connectivity index (χ0) is 10.9. The molecule has 1 nitrogen and oxygen atoms in total. The number of carbonyl (C=O) groups is 1. The first-order valence-electron chi connectivity index (χ1n) is 4.02. The Morgan fingerprint density at radius 3 is 2.36 bits per heavy atom. The Bertz CT molecular complexity index is 372. The molecule has 0 heterocycles. The highest BCUT2D eigenvalue weighted by Crippen LogP contribution is 2.26. The van der Waals surface area contributed by atoms with E-state index in [0.29, 0.717) is 5.56 Å². The van der Waals surface area contributed by atoms with Crippen molar-refractivity contribution in [1.29, 1.82) is 0 Å². The third kappa shape index (κ3) is 1.95. The number of rotatable bonds is 2. The summed E-state index contributed by atoms with van der Waals surface area (Å²) in [6.07, 6.45) is -2.83. The predicted molar refractivity (Wildman–Crippen MR) is 46.1 cm³/mol. The normalized spacial score (nSPS) is 10.7. The second kappa shape index (κ2) is 3.82. The van der Waals surface area contributed by atoms with Gasteiger partial charge in [0.2, 0.25) is 0 Å². The fraction of sp³-hybridized carbons (Fsp3) is 0.300. The lowest BCUT2D eigenvalue weighted by molar-refractivity contribution is 0.0994. The molecule has 76 valence electrons. The van der Waals surface area contributed by atoms with Gasteiger partial charge in [-0.25, -0.2) is 13.2 Å². The van der Waals surface area contributed by atoms with Crippen molar-refractivity contribution in [3.63, 3.8) is 0 Å². The summed E-state index contributed by atoms with van der Waals surface area (Å²) in [7, 11) is 0. The lowest BCUT2D eigenvalue weighted by Crippen LogP contribution is -2.04. The van der Waals surface area contributed by atoms with E-state index >= 15 is 0 Å². The van der Waals surface area contributed by atoms with Crippen molar-refractivity contribution in [3.8, 4) is 0 Å². The van der Waals surface area contributed by atoms with Crippen LogP contribution in [0.4, 0.5) is 13.2 Å². The van der Waals surface area contributed by atoms with Gasteiger partial charge >= 0.3 is 0 Å². The van der Waals surface area contributed by atoms with Gasteiger partial charge in [-0.1, -0.05) is 0 Å². The highest BCUT2D eigenvalue weighted by atomic mass is 19.3. The fourth-order valence-corrected chi connectivity index (χ4v) is 1.31. The Morgan fingerprint density at radius 1 is 1.36 bits per heavy atom. The van der Waals surface area contributed by atoms with E-state index in [1.54, 1.807) is 0 Å². The van der Waals surface area contributed by atoms with Gasteiger partial charge in [-0.2, -0.15) is 0 Å². The van der Waals surface area contributed by atoms with Gasteiger partial charge in [-0.3, -0.25) is 4.79 Å². The number of carbonyl (C=O) groups excluding carboxylic acids is 1. The highest BCUT2D eigenvalue weighted by molar-refractivity contribution is 5.96. The molecule has 14 heavy (non-hydrogen) atoms. The lowest BCUT2D eigenvalue weighted by atomic mass is 10.0. The summed E-state index contributed by atoms with van der Waals surface area (Å²) in [5.74, 6) is -1.56. The summed E-state index contributed by atoms with van der Waals surface area (Å²) in [4.78, 5) is 10.9. The lowest BCUT2D eigenvalue weighted by Gasteiger charge is -2.08. The number of halogens is 3. The van der Waals surface area contributed by atoms with Crippen LogP contribution in [0.1, 0.15) is 34.8 Å². The molecule has 0 aliphatic rings. The molecule has 0 spiro atoms. The molecule has 0 aliphatic heterocycles. The maximum absolute atomic E-state index is 13.2. The molecule has 1 rings (SSSR count). The molecule has 4 heteroatoms. The third-order valence-electron chi connectivity index (χ3n) is 1.85. The minimum atomic E-state index is -2.83. The van der Waals surface area contributed by atoms with Crippen molar-refractivity contribution in [1.82, 2.24) is 0 Å². The summed E-state index contributed by atoms with van der Waals surface area (Å²) in [5.41, 5.74) is -0.664. The van der Waals surface area contributed by atoms with E-state index in [-0.39, 0.29) is 0 Å². The molecule has 1 aromatic rings. The highest BCUT2D eigenvalue weighted by Gasteiger charge is 2.20. The number of Topliss-reactive ketones (excluding diaryl/α,β-unsaturated/α-hetero) is 1. The molecule has 0 aliphatic carbocycles. The van der Waals surface area contributed by atoms with Crippen LogP contribution in [-0.2, 0) is 0 Å². The smallest absolute Gasteiger partial charge is 0.264 e. The first-order valence-corrected chi connectivity index (χ1v) is 4.02. The maximum atomic E-state index is 13.2. The maximum Gasteiger partial charge on any atom is 0.264 e. The number of ketones is 1. The van der Waals surface area contributed by atoms with Crippen LogP contribution in [0.5, 0.6) is 0 Å². The van der Waals surface area contributed by atoms with Crippen LogP contribution in [0, 0.1) is 12.7 Å². The van der Waals surface area contributed by atoms with Crippen LogP contribution in [0.15, 0.2) is 12.1 Å². The second-order valence-corrected chi connectivity index (χ2v) is 3.07. The molecule has 0 N–H and O–H groups in total. The second-order valence-electron chi connectivity index (χ2n) is 3.07. The van der Waals surface area contributed by atoms with Gasteiger partial charge < -0.3 is 0 Å². The van der Waals surface area contributed by atoms with Gasteiger partial charge in [0.25, 0.3) is 6.43 Å². The summed E-state index contributed by atoms with van der Waals surface area (Å²) >= 11 is 0. The van der Waals surface area contributed by atoms with Crippen molar-refractivity contribution in [3.05, 3.63) is 34.6 Å². The van der Waals surface area contributed by atoms with E-state index in [2.05, 4.69) is 0 Å². The van der Waals surface area contributed by atoms with Crippen LogP contribution in [-0.4, -0.2) is 5.78 Å². The predicted octanol–water partition coefficient (Wildman–Crippen LogP) is 3.27. The molecule has 1 aromatic carbocycles.